The van der Waals surface area contributed by atoms with Crippen LogP contribution in [0.3, 0.4) is 0 Å². The second kappa shape index (κ2) is 6.35. The topological polar surface area (TPSA) is 46.2 Å². The van der Waals surface area contributed by atoms with Gasteiger partial charge in [0.2, 0.25) is 0 Å². The predicted molar refractivity (Wildman–Crippen MR) is 109 cm³/mol. The summed E-state index contributed by atoms with van der Waals surface area (Å²) in [5.41, 5.74) is 2.04. The normalized spacial score (nSPS) is 32.7. The lowest BCUT2D eigenvalue weighted by atomic mass is 9.51. The monoisotopic (exact) mass is 451 g/mol. The van der Waals surface area contributed by atoms with Crippen LogP contribution in [-0.4, -0.2) is 8.42 Å². The Morgan fingerprint density at radius 3 is 2.04 bits per heavy atom. The first-order chi connectivity index (χ1) is 12.5. The van der Waals surface area contributed by atoms with Crippen molar-refractivity contribution in [2.45, 2.75) is 42.2 Å². The standard InChI is InChI=1S/C20H22BrNO2S2/c21-18-5-6-19(25-18)26(23,24)22-17-3-1-14(2-4-17)20-15-8-12-7-13(10-15)11-16(20)9-12/h1-6,12-13,15-16,20,22H,7-11H2. The van der Waals surface area contributed by atoms with E-state index in [0.29, 0.717) is 15.8 Å². The van der Waals surface area contributed by atoms with Gasteiger partial charge < -0.3 is 0 Å². The van der Waals surface area contributed by atoms with Gasteiger partial charge in [-0.1, -0.05) is 12.1 Å². The summed E-state index contributed by atoms with van der Waals surface area (Å²) in [6, 6.07) is 11.5. The third-order valence-electron chi connectivity index (χ3n) is 6.59. The lowest BCUT2D eigenvalue weighted by molar-refractivity contribution is -0.00277. The molecule has 0 aliphatic heterocycles. The van der Waals surface area contributed by atoms with Crippen LogP contribution < -0.4 is 4.72 Å². The lowest BCUT2D eigenvalue weighted by Gasteiger charge is -2.54. The Morgan fingerprint density at radius 1 is 0.885 bits per heavy atom. The highest BCUT2D eigenvalue weighted by Gasteiger charge is 2.48. The molecule has 0 saturated heterocycles. The first kappa shape index (κ1) is 17.3. The summed E-state index contributed by atoms with van der Waals surface area (Å²) in [5, 5.41) is 0. The van der Waals surface area contributed by atoms with E-state index in [9.17, 15) is 8.42 Å². The molecule has 0 atom stereocenters. The molecule has 1 aromatic carbocycles. The minimum Gasteiger partial charge on any atom is -0.279 e. The zero-order valence-corrected chi connectivity index (χ0v) is 17.6. The second-order valence-electron chi connectivity index (χ2n) is 8.24. The molecule has 4 aliphatic carbocycles. The van der Waals surface area contributed by atoms with Crippen LogP contribution in [0.1, 0.15) is 43.6 Å². The summed E-state index contributed by atoms with van der Waals surface area (Å²) in [5.74, 6) is 4.33. The Bertz CT molecular complexity index is 892. The molecule has 138 valence electrons. The van der Waals surface area contributed by atoms with Crippen LogP contribution in [0.2, 0.25) is 0 Å². The number of halogens is 1. The Balaban J connectivity index is 1.35. The fraction of sp³-hybridized carbons (Fsp3) is 0.500. The summed E-state index contributed by atoms with van der Waals surface area (Å²) in [7, 11) is -3.51. The molecule has 1 aromatic heterocycles. The molecule has 2 aromatic rings. The van der Waals surface area contributed by atoms with E-state index < -0.39 is 10.0 Å². The van der Waals surface area contributed by atoms with Gasteiger partial charge in [0, 0.05) is 5.69 Å². The average molecular weight is 452 g/mol. The minimum absolute atomic E-state index is 0.328. The zero-order valence-electron chi connectivity index (χ0n) is 14.4. The molecule has 6 rings (SSSR count). The number of anilines is 1. The molecular formula is C20H22BrNO2S2. The van der Waals surface area contributed by atoms with Crippen molar-refractivity contribution >= 4 is 43.0 Å². The van der Waals surface area contributed by atoms with Crippen molar-refractivity contribution in [3.8, 4) is 0 Å². The van der Waals surface area contributed by atoms with Gasteiger partial charge in [0.05, 0.1) is 3.79 Å². The molecule has 0 unspecified atom stereocenters. The van der Waals surface area contributed by atoms with Gasteiger partial charge in [0.15, 0.2) is 0 Å². The first-order valence-electron chi connectivity index (χ1n) is 9.36. The van der Waals surface area contributed by atoms with Gasteiger partial charge in [0.25, 0.3) is 10.0 Å². The van der Waals surface area contributed by atoms with Crippen molar-refractivity contribution in [1.82, 2.24) is 0 Å². The van der Waals surface area contributed by atoms with Crippen LogP contribution in [0.15, 0.2) is 44.4 Å². The average Bonchev–Trinajstić information content (AvgIpc) is 3.03. The number of sulfonamides is 1. The predicted octanol–water partition coefficient (Wildman–Crippen LogP) is 5.85. The van der Waals surface area contributed by atoms with E-state index in [0.717, 1.165) is 27.5 Å². The Morgan fingerprint density at radius 2 is 1.50 bits per heavy atom. The van der Waals surface area contributed by atoms with Gasteiger partial charge in [0.1, 0.15) is 4.21 Å². The van der Waals surface area contributed by atoms with Gasteiger partial charge in [-0.2, -0.15) is 0 Å². The van der Waals surface area contributed by atoms with Crippen molar-refractivity contribution in [3.05, 3.63) is 45.7 Å². The summed E-state index contributed by atoms with van der Waals surface area (Å²) in [4.78, 5) is 0. The largest absolute Gasteiger partial charge is 0.279 e. The highest BCUT2D eigenvalue weighted by Crippen LogP contribution is 2.59. The second-order valence-corrected chi connectivity index (χ2v) is 12.6. The minimum atomic E-state index is -3.51. The molecule has 0 amide bonds. The first-order valence-corrected chi connectivity index (χ1v) is 12.5. The molecule has 4 fully saturated rings. The lowest BCUT2D eigenvalue weighted by Crippen LogP contribution is -2.43. The van der Waals surface area contributed by atoms with Crippen LogP contribution in [0.25, 0.3) is 0 Å². The fourth-order valence-electron chi connectivity index (χ4n) is 5.89. The van der Waals surface area contributed by atoms with Crippen molar-refractivity contribution < 1.29 is 8.42 Å². The molecule has 4 saturated carbocycles. The number of benzene rings is 1. The van der Waals surface area contributed by atoms with Crippen molar-refractivity contribution in [1.29, 1.82) is 0 Å². The Hall–Kier alpha value is -0.850. The smallest absolute Gasteiger partial charge is 0.271 e. The summed E-state index contributed by atoms with van der Waals surface area (Å²) >= 11 is 4.54. The number of hydrogen-bond donors (Lipinski definition) is 1. The third kappa shape index (κ3) is 3.04. The van der Waals surface area contributed by atoms with Crippen LogP contribution in [0.5, 0.6) is 0 Å². The fourth-order valence-corrected chi connectivity index (χ4v) is 8.96. The van der Waals surface area contributed by atoms with E-state index in [1.54, 1.807) is 12.1 Å². The maximum atomic E-state index is 12.5. The third-order valence-corrected chi connectivity index (χ3v) is 10.1. The number of rotatable bonds is 4. The van der Waals surface area contributed by atoms with Crippen LogP contribution >= 0.6 is 27.3 Å². The van der Waals surface area contributed by atoms with Crippen molar-refractivity contribution in [3.63, 3.8) is 0 Å². The molecule has 6 heteroatoms. The van der Waals surface area contributed by atoms with E-state index in [1.165, 1.54) is 49.0 Å². The maximum Gasteiger partial charge on any atom is 0.271 e. The van der Waals surface area contributed by atoms with E-state index in [2.05, 4.69) is 32.8 Å². The Kier molecular flexibility index (Phi) is 4.22. The van der Waals surface area contributed by atoms with Crippen LogP contribution in [0.4, 0.5) is 5.69 Å². The van der Waals surface area contributed by atoms with Crippen LogP contribution in [0, 0.1) is 23.7 Å². The van der Waals surface area contributed by atoms with E-state index in [-0.39, 0.29) is 0 Å². The SMILES string of the molecule is O=S(=O)(Nc1ccc(C2C3CC4CC(C3)CC2C4)cc1)c1ccc(Br)s1. The van der Waals surface area contributed by atoms with Crippen molar-refractivity contribution in [2.24, 2.45) is 23.7 Å². The molecular weight excluding hydrogens is 430 g/mol. The maximum absolute atomic E-state index is 12.5. The molecule has 1 N–H and O–H groups in total. The van der Waals surface area contributed by atoms with E-state index >= 15 is 0 Å². The number of hydrogen-bond acceptors (Lipinski definition) is 3. The van der Waals surface area contributed by atoms with Gasteiger partial charge in [-0.05, 0) is 107 Å². The summed E-state index contributed by atoms with van der Waals surface area (Å²) in [6.07, 6.45) is 7.08. The van der Waals surface area contributed by atoms with E-state index in [4.69, 9.17) is 0 Å². The number of thiophene rings is 1. The highest BCUT2D eigenvalue weighted by molar-refractivity contribution is 9.11. The highest BCUT2D eigenvalue weighted by atomic mass is 79.9. The summed E-state index contributed by atoms with van der Waals surface area (Å²) < 4.78 is 28.8. The van der Waals surface area contributed by atoms with Gasteiger partial charge in [-0.25, -0.2) is 8.42 Å². The van der Waals surface area contributed by atoms with Gasteiger partial charge in [-0.15, -0.1) is 11.3 Å². The molecule has 0 radical (unpaired) electrons. The van der Waals surface area contributed by atoms with Crippen LogP contribution in [-0.2, 0) is 10.0 Å². The van der Waals surface area contributed by atoms with Crippen molar-refractivity contribution in [2.75, 3.05) is 4.72 Å². The molecule has 3 nitrogen and oxygen atoms in total. The molecule has 1 heterocycles. The molecule has 4 bridgehead atoms. The molecule has 26 heavy (non-hydrogen) atoms. The zero-order chi connectivity index (χ0) is 17.9. The van der Waals surface area contributed by atoms with Gasteiger partial charge in [-0.3, -0.25) is 4.72 Å². The molecule has 4 aliphatic rings. The molecule has 0 spiro atoms. The van der Waals surface area contributed by atoms with E-state index in [1.807, 2.05) is 12.1 Å². The number of nitrogens with one attached hydrogen (secondary N) is 1. The quantitative estimate of drug-likeness (QED) is 0.633. The summed E-state index contributed by atoms with van der Waals surface area (Å²) in [6.45, 7) is 0. The Labute approximate surface area is 167 Å². The van der Waals surface area contributed by atoms with Gasteiger partial charge >= 0.3 is 0 Å².